The lowest BCUT2D eigenvalue weighted by atomic mass is 10.0. The number of halogens is 1. The molecule has 0 radical (unpaired) electrons. The molecule has 0 amide bonds. The summed E-state index contributed by atoms with van der Waals surface area (Å²) in [5, 5.41) is 8.14. The minimum Gasteiger partial charge on any atom is -0.461 e. The normalized spacial score (nSPS) is 17.3. The van der Waals surface area contributed by atoms with Crippen molar-refractivity contribution in [3.63, 3.8) is 0 Å². The minimum absolute atomic E-state index is 0.00928. The molecule has 10 nitrogen and oxygen atoms in total. The Kier molecular flexibility index (Phi) is 8.00. The van der Waals surface area contributed by atoms with Gasteiger partial charge in [0.2, 0.25) is 0 Å². The van der Waals surface area contributed by atoms with E-state index in [0.717, 1.165) is 50.2 Å². The molecule has 2 aliphatic rings. The lowest BCUT2D eigenvalue weighted by Gasteiger charge is -2.42. The fraction of sp³-hybridized carbons (Fsp3) is 0.469. The lowest BCUT2D eigenvalue weighted by Crippen LogP contribution is -2.50. The number of pyridine rings is 2. The number of nitrogens with zero attached hydrogens (tertiary/aromatic N) is 7. The molecule has 0 bridgehead atoms. The largest absolute Gasteiger partial charge is 0.461 e. The van der Waals surface area contributed by atoms with E-state index in [-0.39, 0.29) is 41.5 Å². The number of rotatable bonds is 9. The standard InChI is InChI=1S/C32H38FN7O3/c1-5-43-32(42)28-19-40(36-35-28)30-14-29-26(13-27(30)33)31(41)22(17-39(29)23-10-11-23)16-38(20(2)3)25-7-6-12-37(18-25)24-9-8-21(4)34-15-24/h8-9,13-15,17,19-20,23,25H,5-7,10-12,16,18H2,1-4H3/t25-/m0/s1. The zero-order valence-electron chi connectivity index (χ0n) is 25.2. The van der Waals surface area contributed by atoms with E-state index in [9.17, 15) is 9.59 Å². The molecular weight excluding hydrogens is 549 g/mol. The predicted octanol–water partition coefficient (Wildman–Crippen LogP) is 4.82. The Balaban J connectivity index is 1.33. The first kappa shape index (κ1) is 29.0. The first-order chi connectivity index (χ1) is 20.7. The van der Waals surface area contributed by atoms with E-state index in [1.54, 1.807) is 13.0 Å². The van der Waals surface area contributed by atoms with Crippen molar-refractivity contribution in [2.24, 2.45) is 0 Å². The number of esters is 1. The number of fused-ring (bicyclic) bond motifs is 1. The second-order valence-corrected chi connectivity index (χ2v) is 11.9. The number of aromatic nitrogens is 5. The van der Waals surface area contributed by atoms with Gasteiger partial charge in [-0.25, -0.2) is 13.9 Å². The van der Waals surface area contributed by atoms with E-state index in [2.05, 4.69) is 49.6 Å². The Morgan fingerprint density at radius 3 is 2.70 bits per heavy atom. The number of benzene rings is 1. The van der Waals surface area contributed by atoms with Gasteiger partial charge in [0.25, 0.3) is 0 Å². The topological polar surface area (TPSA) is 98.4 Å². The second-order valence-electron chi connectivity index (χ2n) is 11.9. The van der Waals surface area contributed by atoms with Crippen molar-refractivity contribution in [2.45, 2.75) is 78.0 Å². The highest BCUT2D eigenvalue weighted by atomic mass is 19.1. The highest BCUT2D eigenvalue weighted by molar-refractivity contribution is 5.87. The molecular formula is C32H38FN7O3. The van der Waals surface area contributed by atoms with Crippen LogP contribution in [-0.2, 0) is 11.3 Å². The average Bonchev–Trinajstić information content (AvgIpc) is 3.72. The van der Waals surface area contributed by atoms with E-state index < -0.39 is 11.8 Å². The Morgan fingerprint density at radius 1 is 1.19 bits per heavy atom. The molecule has 1 atom stereocenters. The van der Waals surface area contributed by atoms with E-state index in [0.29, 0.717) is 23.0 Å². The van der Waals surface area contributed by atoms with Gasteiger partial charge in [-0.1, -0.05) is 5.21 Å². The number of aryl methyl sites for hydroxylation is 1. The Morgan fingerprint density at radius 2 is 2.00 bits per heavy atom. The van der Waals surface area contributed by atoms with Crippen molar-refractivity contribution >= 4 is 22.6 Å². The summed E-state index contributed by atoms with van der Waals surface area (Å²) in [5.41, 5.74) is 3.37. The zero-order chi connectivity index (χ0) is 30.2. The lowest BCUT2D eigenvalue weighted by molar-refractivity contribution is 0.0519. The highest BCUT2D eigenvalue weighted by Gasteiger charge is 2.30. The van der Waals surface area contributed by atoms with Crippen LogP contribution in [0.2, 0.25) is 0 Å². The number of hydrogen-bond acceptors (Lipinski definition) is 8. The van der Waals surface area contributed by atoms with Crippen molar-refractivity contribution in [1.82, 2.24) is 29.4 Å². The smallest absolute Gasteiger partial charge is 0.360 e. The van der Waals surface area contributed by atoms with E-state index >= 15 is 4.39 Å². The van der Waals surface area contributed by atoms with Gasteiger partial charge < -0.3 is 14.2 Å². The van der Waals surface area contributed by atoms with Crippen molar-refractivity contribution < 1.29 is 13.9 Å². The molecule has 1 aliphatic heterocycles. The summed E-state index contributed by atoms with van der Waals surface area (Å²) < 4.78 is 23.9. The van der Waals surface area contributed by atoms with Crippen molar-refractivity contribution in [3.8, 4) is 5.69 Å². The summed E-state index contributed by atoms with van der Waals surface area (Å²) in [6.45, 7) is 10.5. The average molecular weight is 588 g/mol. The summed E-state index contributed by atoms with van der Waals surface area (Å²) in [6.07, 6.45) is 9.34. The number of carbonyl (C=O) groups is 1. The van der Waals surface area contributed by atoms with Crippen LogP contribution in [0.3, 0.4) is 0 Å². The van der Waals surface area contributed by atoms with E-state index in [1.165, 1.54) is 16.9 Å². The maximum atomic E-state index is 15.6. The van der Waals surface area contributed by atoms with Crippen LogP contribution < -0.4 is 10.3 Å². The summed E-state index contributed by atoms with van der Waals surface area (Å²) in [4.78, 5) is 35.3. The molecule has 1 aromatic carbocycles. The van der Waals surface area contributed by atoms with Gasteiger partial charge in [-0.3, -0.25) is 14.7 Å². The van der Waals surface area contributed by atoms with Crippen LogP contribution in [0.25, 0.3) is 16.6 Å². The van der Waals surface area contributed by atoms with Gasteiger partial charge in [0.05, 0.1) is 30.2 Å². The van der Waals surface area contributed by atoms with Crippen LogP contribution in [0.5, 0.6) is 0 Å². The van der Waals surface area contributed by atoms with E-state index in [4.69, 9.17) is 4.74 Å². The molecule has 43 heavy (non-hydrogen) atoms. The number of anilines is 1. The Hall–Kier alpha value is -4.12. The maximum Gasteiger partial charge on any atom is 0.360 e. The van der Waals surface area contributed by atoms with Gasteiger partial charge in [-0.05, 0) is 77.6 Å². The molecule has 0 N–H and O–H groups in total. The third-order valence-electron chi connectivity index (χ3n) is 8.48. The van der Waals surface area contributed by atoms with Crippen molar-refractivity contribution in [2.75, 3.05) is 24.6 Å². The first-order valence-corrected chi connectivity index (χ1v) is 15.1. The molecule has 1 saturated carbocycles. The summed E-state index contributed by atoms with van der Waals surface area (Å²) >= 11 is 0. The second kappa shape index (κ2) is 11.9. The Labute approximate surface area is 250 Å². The van der Waals surface area contributed by atoms with Gasteiger partial charge in [0, 0.05) is 60.6 Å². The SMILES string of the molecule is CCOC(=O)c1cn(-c2cc3c(cc2F)c(=O)c(CN(C(C)C)[C@H]2CCCN(c4ccc(C)nc4)C2)cn3C2CC2)nn1. The summed E-state index contributed by atoms with van der Waals surface area (Å²) in [6, 6.07) is 7.83. The molecule has 1 aliphatic carbocycles. The maximum absolute atomic E-state index is 15.6. The molecule has 0 unspecified atom stereocenters. The fourth-order valence-corrected chi connectivity index (χ4v) is 6.08. The van der Waals surface area contributed by atoms with Gasteiger partial charge in [0.1, 0.15) is 11.5 Å². The van der Waals surface area contributed by atoms with Crippen LogP contribution in [0.4, 0.5) is 10.1 Å². The molecule has 226 valence electrons. The van der Waals surface area contributed by atoms with Gasteiger partial charge >= 0.3 is 5.97 Å². The van der Waals surface area contributed by atoms with Crippen LogP contribution in [0.1, 0.15) is 74.2 Å². The number of ether oxygens (including phenoxy) is 1. The molecule has 2 fully saturated rings. The molecule has 4 heterocycles. The molecule has 3 aromatic heterocycles. The highest BCUT2D eigenvalue weighted by Crippen LogP contribution is 2.38. The molecule has 0 spiro atoms. The van der Waals surface area contributed by atoms with Gasteiger partial charge in [-0.2, -0.15) is 0 Å². The van der Waals surface area contributed by atoms with Crippen LogP contribution in [-0.4, -0.2) is 67.2 Å². The number of hydrogen-bond donors (Lipinski definition) is 0. The first-order valence-electron chi connectivity index (χ1n) is 15.1. The van der Waals surface area contributed by atoms with Crippen molar-refractivity contribution in [3.05, 3.63) is 75.8 Å². The van der Waals surface area contributed by atoms with Crippen LogP contribution in [0.15, 0.2) is 47.7 Å². The minimum atomic E-state index is -0.624. The molecule has 11 heteroatoms. The van der Waals surface area contributed by atoms with Gasteiger partial charge in [-0.15, -0.1) is 5.10 Å². The van der Waals surface area contributed by atoms with E-state index in [1.807, 2.05) is 25.4 Å². The van der Waals surface area contributed by atoms with Crippen molar-refractivity contribution in [1.29, 1.82) is 0 Å². The number of carbonyl (C=O) groups excluding carboxylic acids is 1. The zero-order valence-corrected chi connectivity index (χ0v) is 25.2. The summed E-state index contributed by atoms with van der Waals surface area (Å²) in [7, 11) is 0. The Bertz CT molecular complexity index is 1690. The monoisotopic (exact) mass is 587 g/mol. The van der Waals surface area contributed by atoms with Crippen LogP contribution >= 0.6 is 0 Å². The third kappa shape index (κ3) is 5.90. The quantitative estimate of drug-likeness (QED) is 0.257. The summed E-state index contributed by atoms with van der Waals surface area (Å²) in [5.74, 6) is -1.24. The predicted molar refractivity (Wildman–Crippen MR) is 162 cm³/mol. The van der Waals surface area contributed by atoms with Gasteiger partial charge in [0.15, 0.2) is 11.1 Å². The fourth-order valence-electron chi connectivity index (χ4n) is 6.08. The number of piperidine rings is 1. The van der Waals surface area contributed by atoms with Crippen LogP contribution in [0, 0.1) is 12.7 Å². The molecule has 6 rings (SSSR count). The molecule has 4 aromatic rings. The third-order valence-corrected chi connectivity index (χ3v) is 8.48. The molecule has 1 saturated heterocycles.